The van der Waals surface area contributed by atoms with Crippen molar-refractivity contribution in [1.29, 1.82) is 0 Å². The van der Waals surface area contributed by atoms with Gasteiger partial charge in [0, 0.05) is 32.2 Å². The molecule has 0 spiro atoms. The molecule has 2 aromatic carbocycles. The van der Waals surface area contributed by atoms with E-state index in [0.29, 0.717) is 6.54 Å². The van der Waals surface area contributed by atoms with Crippen molar-refractivity contribution in [3.63, 3.8) is 0 Å². The van der Waals surface area contributed by atoms with E-state index in [9.17, 15) is 8.78 Å². The lowest BCUT2D eigenvalue weighted by Crippen LogP contribution is -2.36. The van der Waals surface area contributed by atoms with Gasteiger partial charge in [-0.2, -0.15) is 0 Å². The summed E-state index contributed by atoms with van der Waals surface area (Å²) in [5, 5.41) is 0. The SMILES string of the molecule is CN1CCN(c2ccc(CN)c(F)c2F)c2ccccc21. The highest BCUT2D eigenvalue weighted by Gasteiger charge is 2.25. The summed E-state index contributed by atoms with van der Waals surface area (Å²) in [7, 11) is 1.99. The maximum atomic E-state index is 14.3. The molecule has 1 aliphatic rings. The monoisotopic (exact) mass is 289 g/mol. The lowest BCUT2D eigenvalue weighted by molar-refractivity contribution is 0.499. The fourth-order valence-electron chi connectivity index (χ4n) is 2.70. The van der Waals surface area contributed by atoms with Crippen molar-refractivity contribution in [2.75, 3.05) is 29.9 Å². The van der Waals surface area contributed by atoms with Crippen LogP contribution in [-0.4, -0.2) is 20.1 Å². The summed E-state index contributed by atoms with van der Waals surface area (Å²) in [5.41, 5.74) is 7.75. The Labute approximate surface area is 122 Å². The van der Waals surface area contributed by atoms with E-state index in [1.807, 2.05) is 36.2 Å². The molecule has 110 valence electrons. The molecule has 2 N–H and O–H groups in total. The third kappa shape index (κ3) is 2.23. The molecule has 0 saturated carbocycles. The molecule has 3 nitrogen and oxygen atoms in total. The molecule has 5 heteroatoms. The second kappa shape index (κ2) is 5.33. The van der Waals surface area contributed by atoms with Crippen LogP contribution in [0.4, 0.5) is 25.8 Å². The molecule has 0 aromatic heterocycles. The number of benzene rings is 2. The minimum atomic E-state index is -0.855. The Morgan fingerprint density at radius 2 is 1.67 bits per heavy atom. The van der Waals surface area contributed by atoms with Gasteiger partial charge in [-0.25, -0.2) is 8.78 Å². The van der Waals surface area contributed by atoms with Crippen molar-refractivity contribution < 1.29 is 8.78 Å². The van der Waals surface area contributed by atoms with Gasteiger partial charge in [-0.15, -0.1) is 0 Å². The van der Waals surface area contributed by atoms with Crippen molar-refractivity contribution in [1.82, 2.24) is 0 Å². The van der Waals surface area contributed by atoms with E-state index in [2.05, 4.69) is 4.90 Å². The fraction of sp³-hybridized carbons (Fsp3) is 0.250. The van der Waals surface area contributed by atoms with Crippen molar-refractivity contribution in [3.05, 3.63) is 53.6 Å². The van der Waals surface area contributed by atoms with E-state index in [1.54, 1.807) is 12.1 Å². The van der Waals surface area contributed by atoms with E-state index in [4.69, 9.17) is 5.73 Å². The number of nitrogens with two attached hydrogens (primary N) is 1. The number of anilines is 3. The lowest BCUT2D eigenvalue weighted by Gasteiger charge is -2.37. The predicted octanol–water partition coefficient (Wildman–Crippen LogP) is 3.01. The third-order valence-electron chi connectivity index (χ3n) is 3.90. The van der Waals surface area contributed by atoms with E-state index in [1.165, 1.54) is 0 Å². The summed E-state index contributed by atoms with van der Waals surface area (Å²) in [5.74, 6) is -1.69. The van der Waals surface area contributed by atoms with Crippen LogP contribution in [0.2, 0.25) is 0 Å². The van der Waals surface area contributed by atoms with Crippen LogP contribution in [-0.2, 0) is 6.54 Å². The van der Waals surface area contributed by atoms with Gasteiger partial charge < -0.3 is 15.5 Å². The molecular weight excluding hydrogens is 272 g/mol. The summed E-state index contributed by atoms with van der Waals surface area (Å²) < 4.78 is 28.3. The molecule has 0 atom stereocenters. The van der Waals surface area contributed by atoms with Crippen LogP contribution >= 0.6 is 0 Å². The Balaban J connectivity index is 2.10. The van der Waals surface area contributed by atoms with Crippen molar-refractivity contribution in [2.24, 2.45) is 5.73 Å². The first-order valence-corrected chi connectivity index (χ1v) is 6.88. The van der Waals surface area contributed by atoms with Crippen LogP contribution in [0.3, 0.4) is 0 Å². The van der Waals surface area contributed by atoms with E-state index in [0.717, 1.165) is 17.9 Å². The van der Waals surface area contributed by atoms with Gasteiger partial charge in [0.2, 0.25) is 0 Å². The second-order valence-electron chi connectivity index (χ2n) is 5.14. The Hall–Kier alpha value is -2.14. The summed E-state index contributed by atoms with van der Waals surface area (Å²) in [4.78, 5) is 3.92. The van der Waals surface area contributed by atoms with Gasteiger partial charge >= 0.3 is 0 Å². The molecule has 0 amide bonds. The van der Waals surface area contributed by atoms with Crippen molar-refractivity contribution >= 4 is 17.1 Å². The molecule has 21 heavy (non-hydrogen) atoms. The largest absolute Gasteiger partial charge is 0.371 e. The summed E-state index contributed by atoms with van der Waals surface area (Å²) in [6, 6.07) is 10.9. The van der Waals surface area contributed by atoms with Crippen molar-refractivity contribution in [2.45, 2.75) is 6.54 Å². The smallest absolute Gasteiger partial charge is 0.182 e. The minimum absolute atomic E-state index is 0.0115. The molecule has 2 aromatic rings. The van der Waals surface area contributed by atoms with Crippen LogP contribution in [0, 0.1) is 11.6 Å². The number of hydrogen-bond donors (Lipinski definition) is 1. The van der Waals surface area contributed by atoms with Gasteiger partial charge in [-0.1, -0.05) is 18.2 Å². The quantitative estimate of drug-likeness (QED) is 0.922. The van der Waals surface area contributed by atoms with Gasteiger partial charge in [0.25, 0.3) is 0 Å². The average molecular weight is 289 g/mol. The molecule has 0 unspecified atom stereocenters. The zero-order valence-electron chi connectivity index (χ0n) is 11.8. The average Bonchev–Trinajstić information content (AvgIpc) is 2.51. The zero-order valence-corrected chi connectivity index (χ0v) is 11.8. The highest BCUT2D eigenvalue weighted by molar-refractivity contribution is 5.79. The topological polar surface area (TPSA) is 32.5 Å². The number of nitrogens with zero attached hydrogens (tertiary/aromatic N) is 2. The molecule has 1 heterocycles. The molecule has 3 rings (SSSR count). The Kier molecular flexibility index (Phi) is 3.51. The Morgan fingerprint density at radius 3 is 2.38 bits per heavy atom. The third-order valence-corrected chi connectivity index (χ3v) is 3.90. The first-order valence-electron chi connectivity index (χ1n) is 6.88. The molecule has 0 bridgehead atoms. The van der Waals surface area contributed by atoms with Gasteiger partial charge in [0.15, 0.2) is 11.6 Å². The van der Waals surface area contributed by atoms with Crippen LogP contribution in [0.15, 0.2) is 36.4 Å². The maximum Gasteiger partial charge on any atom is 0.182 e. The van der Waals surface area contributed by atoms with Crippen LogP contribution in [0.25, 0.3) is 0 Å². The number of hydrogen-bond acceptors (Lipinski definition) is 3. The first kappa shape index (κ1) is 13.8. The van der Waals surface area contributed by atoms with E-state index >= 15 is 0 Å². The van der Waals surface area contributed by atoms with Gasteiger partial charge in [0.05, 0.1) is 17.1 Å². The molecule has 0 radical (unpaired) electrons. The summed E-state index contributed by atoms with van der Waals surface area (Å²) in [6.07, 6.45) is 0. The van der Waals surface area contributed by atoms with Crippen LogP contribution in [0.1, 0.15) is 5.56 Å². The molecule has 0 fully saturated rings. The van der Waals surface area contributed by atoms with E-state index in [-0.39, 0.29) is 17.8 Å². The maximum absolute atomic E-state index is 14.3. The molecular formula is C16H17F2N3. The highest BCUT2D eigenvalue weighted by atomic mass is 19.2. The second-order valence-corrected chi connectivity index (χ2v) is 5.14. The molecule has 0 aliphatic carbocycles. The number of halogens is 2. The fourth-order valence-corrected chi connectivity index (χ4v) is 2.70. The summed E-state index contributed by atoms with van der Waals surface area (Å²) >= 11 is 0. The van der Waals surface area contributed by atoms with Gasteiger partial charge in [0.1, 0.15) is 0 Å². The van der Waals surface area contributed by atoms with Crippen molar-refractivity contribution in [3.8, 4) is 0 Å². The Bertz CT molecular complexity index is 673. The summed E-state index contributed by atoms with van der Waals surface area (Å²) in [6.45, 7) is 1.34. The molecule has 0 saturated heterocycles. The van der Waals surface area contributed by atoms with Crippen LogP contribution in [0.5, 0.6) is 0 Å². The van der Waals surface area contributed by atoms with E-state index < -0.39 is 11.6 Å². The lowest BCUT2D eigenvalue weighted by atomic mass is 10.1. The Morgan fingerprint density at radius 1 is 0.952 bits per heavy atom. The standard InChI is InChI=1S/C16H17F2N3/c1-20-8-9-21(13-5-3-2-4-12(13)20)14-7-6-11(10-19)15(17)16(14)18/h2-7H,8-10,19H2,1H3. The normalized spacial score (nSPS) is 14.3. The minimum Gasteiger partial charge on any atom is -0.371 e. The van der Waals surface area contributed by atoms with Gasteiger partial charge in [-0.3, -0.25) is 0 Å². The predicted molar refractivity (Wildman–Crippen MR) is 81.0 cm³/mol. The van der Waals surface area contributed by atoms with Gasteiger partial charge in [-0.05, 0) is 18.2 Å². The highest BCUT2D eigenvalue weighted by Crippen LogP contribution is 2.38. The number of rotatable bonds is 2. The zero-order chi connectivity index (χ0) is 15.0. The number of fused-ring (bicyclic) bond motifs is 1. The number of para-hydroxylation sites is 2. The first-order chi connectivity index (χ1) is 10.1. The van der Waals surface area contributed by atoms with Crippen LogP contribution < -0.4 is 15.5 Å². The molecule has 1 aliphatic heterocycles. The number of likely N-dealkylation sites (N-methyl/N-ethyl adjacent to an activating group) is 1.